The smallest absolute Gasteiger partial charge is 0.391 e. The minimum Gasteiger partial charge on any atom is -0.391 e. The maximum Gasteiger partial charge on any atom is 0.416 e. The lowest BCUT2D eigenvalue weighted by Crippen LogP contribution is -2.57. The summed E-state index contributed by atoms with van der Waals surface area (Å²) >= 11 is 1.57. The Morgan fingerprint density at radius 2 is 1.60 bits per heavy atom. The van der Waals surface area contributed by atoms with Gasteiger partial charge in [-0.15, -0.1) is 11.3 Å². The fourth-order valence-electron chi connectivity index (χ4n) is 10.6. The number of piperazine rings is 1. The minimum atomic E-state index is -4.60. The quantitative estimate of drug-likeness (QED) is 0.0507. The number of rotatable bonds is 18. The van der Waals surface area contributed by atoms with Crippen LogP contribution in [0, 0.1) is 19.3 Å². The first kappa shape index (κ1) is 59.6. The Balaban J connectivity index is 0.698. The van der Waals surface area contributed by atoms with Gasteiger partial charge in [0.1, 0.15) is 23.7 Å². The molecular formula is C60H70F3N13O6S. The molecule has 6 aromatic rings. The number of carbonyl (C=O) groups is 5. The lowest BCUT2D eigenvalue weighted by atomic mass is 9.85. The number of amides is 6. The number of hydrogen-bond acceptors (Lipinski definition) is 14. The maximum atomic E-state index is 14.2. The highest BCUT2D eigenvalue weighted by Gasteiger charge is 2.45. The zero-order chi connectivity index (χ0) is 59.3. The predicted molar refractivity (Wildman–Crippen MR) is 314 cm³/mol. The van der Waals surface area contributed by atoms with Gasteiger partial charge in [-0.3, -0.25) is 33.9 Å². The molecule has 6 amide bonds. The average Bonchev–Trinajstić information content (AvgIpc) is 3.85. The van der Waals surface area contributed by atoms with E-state index in [0.29, 0.717) is 34.9 Å². The van der Waals surface area contributed by atoms with Gasteiger partial charge in [0, 0.05) is 75.6 Å². The second kappa shape index (κ2) is 25.2. The molecule has 3 aromatic heterocycles. The number of benzene rings is 3. The monoisotopic (exact) mass is 1160 g/mol. The van der Waals surface area contributed by atoms with Crippen molar-refractivity contribution in [3.63, 3.8) is 0 Å². The van der Waals surface area contributed by atoms with Crippen LogP contribution in [0.25, 0.3) is 10.4 Å². The average molecular weight is 1160 g/mol. The highest BCUT2D eigenvalue weighted by atomic mass is 32.1. The molecule has 2 fully saturated rings. The van der Waals surface area contributed by atoms with E-state index in [4.69, 9.17) is 4.98 Å². The van der Waals surface area contributed by atoms with Crippen molar-refractivity contribution in [2.75, 3.05) is 71.6 Å². The SMILES string of the molecule is Cc1ccc(NC(=O)c2cccc(C(F)(F)F)c2)cc1N1Cc2cnc(Nc3ccc(N4CCN(CCCCCC(=O)NC(C(=O)N5CC(O)CC5C(=O)NC(C)c5ccc(-c6scnc6C)cc5)C(C)(C)C)CC4)nc3)nc2N(C)C1=O. The molecule has 0 radical (unpaired) electrons. The van der Waals surface area contributed by atoms with Crippen LogP contribution in [0.4, 0.5) is 52.6 Å². The number of aliphatic hydroxyl groups is 1. The first-order chi connectivity index (χ1) is 39.5. The van der Waals surface area contributed by atoms with Crippen LogP contribution in [0.3, 0.4) is 0 Å². The summed E-state index contributed by atoms with van der Waals surface area (Å²) in [6.07, 6.45) is 0.626. The zero-order valence-electron chi connectivity index (χ0n) is 47.6. The summed E-state index contributed by atoms with van der Waals surface area (Å²) in [5.41, 5.74) is 5.81. The van der Waals surface area contributed by atoms with Gasteiger partial charge in [0.25, 0.3) is 5.91 Å². The number of hydrogen-bond donors (Lipinski definition) is 5. The fourth-order valence-corrected chi connectivity index (χ4v) is 11.4. The molecule has 6 heterocycles. The summed E-state index contributed by atoms with van der Waals surface area (Å²) in [6.45, 7) is 15.6. The van der Waals surface area contributed by atoms with E-state index in [-0.39, 0.29) is 67.2 Å². The molecule has 9 rings (SSSR count). The predicted octanol–water partition coefficient (Wildman–Crippen LogP) is 9.26. The molecule has 19 nitrogen and oxygen atoms in total. The molecule has 4 unspecified atom stereocenters. The highest BCUT2D eigenvalue weighted by Crippen LogP contribution is 2.36. The van der Waals surface area contributed by atoms with Gasteiger partial charge in [0.15, 0.2) is 0 Å². The van der Waals surface area contributed by atoms with Crippen LogP contribution >= 0.6 is 11.3 Å². The van der Waals surface area contributed by atoms with Crippen LogP contribution in [0.2, 0.25) is 0 Å². The highest BCUT2D eigenvalue weighted by molar-refractivity contribution is 7.13. The normalized spacial score (nSPS) is 17.5. The Kier molecular flexibility index (Phi) is 18.1. The van der Waals surface area contributed by atoms with E-state index < -0.39 is 41.2 Å². The number of urea groups is 1. The van der Waals surface area contributed by atoms with Crippen LogP contribution in [-0.4, -0.2) is 129 Å². The van der Waals surface area contributed by atoms with Crippen LogP contribution in [-0.2, 0) is 27.1 Å². The molecule has 2 saturated heterocycles. The molecular weight excluding hydrogens is 1090 g/mol. The van der Waals surface area contributed by atoms with E-state index in [1.165, 1.54) is 26.8 Å². The number of halogens is 3. The first-order valence-electron chi connectivity index (χ1n) is 27.8. The molecule has 438 valence electrons. The summed E-state index contributed by atoms with van der Waals surface area (Å²) in [7, 11) is 1.60. The third-order valence-electron chi connectivity index (χ3n) is 15.4. The molecule has 3 aliphatic rings. The topological polar surface area (TPSA) is 221 Å². The molecule has 23 heteroatoms. The maximum absolute atomic E-state index is 14.2. The zero-order valence-corrected chi connectivity index (χ0v) is 48.4. The summed E-state index contributed by atoms with van der Waals surface area (Å²) in [5, 5.41) is 22.6. The number of anilines is 6. The number of alkyl halides is 3. The number of carbonyl (C=O) groups excluding carboxylic acids is 5. The third-order valence-corrected chi connectivity index (χ3v) is 16.3. The van der Waals surface area contributed by atoms with Crippen molar-refractivity contribution in [1.29, 1.82) is 0 Å². The van der Waals surface area contributed by atoms with Gasteiger partial charge in [-0.1, -0.05) is 63.6 Å². The van der Waals surface area contributed by atoms with Gasteiger partial charge in [-0.05, 0) is 105 Å². The Bertz CT molecular complexity index is 3330. The van der Waals surface area contributed by atoms with E-state index in [2.05, 4.69) is 46.0 Å². The Morgan fingerprint density at radius 3 is 2.29 bits per heavy atom. The lowest BCUT2D eigenvalue weighted by Gasteiger charge is -2.35. The number of likely N-dealkylation sites (tertiary alicyclic amines) is 1. The number of unbranched alkanes of at least 4 members (excludes halogenated alkanes) is 2. The molecule has 3 aliphatic heterocycles. The fraction of sp³-hybridized carbons (Fsp3) is 0.417. The Morgan fingerprint density at radius 1 is 0.855 bits per heavy atom. The molecule has 0 spiro atoms. The van der Waals surface area contributed by atoms with Crippen LogP contribution in [0.15, 0.2) is 96.8 Å². The Labute approximate surface area is 484 Å². The van der Waals surface area contributed by atoms with E-state index in [1.807, 2.05) is 83.5 Å². The largest absolute Gasteiger partial charge is 0.416 e. The van der Waals surface area contributed by atoms with Gasteiger partial charge >= 0.3 is 12.2 Å². The van der Waals surface area contributed by atoms with E-state index >= 15 is 0 Å². The van der Waals surface area contributed by atoms with E-state index in [0.717, 1.165) is 90.8 Å². The van der Waals surface area contributed by atoms with Crippen molar-refractivity contribution in [3.05, 3.63) is 130 Å². The van der Waals surface area contributed by atoms with Crippen molar-refractivity contribution in [2.24, 2.45) is 5.41 Å². The molecule has 3 aromatic carbocycles. The van der Waals surface area contributed by atoms with Crippen molar-refractivity contribution < 1.29 is 42.3 Å². The number of nitrogens with one attached hydrogen (secondary N) is 4. The second-order valence-corrected chi connectivity index (χ2v) is 23.4. The number of thiazole rings is 1. The van der Waals surface area contributed by atoms with Gasteiger partial charge in [0.2, 0.25) is 23.7 Å². The molecule has 0 saturated carbocycles. The minimum absolute atomic E-state index is 0.00128. The van der Waals surface area contributed by atoms with Gasteiger partial charge in [-0.2, -0.15) is 18.2 Å². The second-order valence-electron chi connectivity index (χ2n) is 22.6. The Hall–Kier alpha value is -8.02. The molecule has 5 N–H and O–H groups in total. The number of fused-ring (bicyclic) bond motifs is 1. The first-order valence-corrected chi connectivity index (χ1v) is 28.7. The standard InChI is InChI=1S/C60H70F3N13O6S/c1-36-15-20-44(68-54(79)41-12-11-13-43(28-41)60(61,62)63)29-47(36)76-33-42-31-65-57(71-53(42)72(7)58(76)82)69-45-21-22-49(64-32-45)74-26-24-73(25-27-74)23-10-8-9-14-50(78)70-52(59(4,5)6)56(81)75-34-46(77)30-48(75)55(80)67-37(2)39-16-18-40(19-17-39)51-38(3)66-35-83-51/h11-13,15-22,28-29,31-32,35,37,46,48,52,77H,8-10,14,23-27,30,33-34H2,1-7H3,(H,67,80)(H,68,79)(H,70,78)(H,65,69,71). The molecule has 4 atom stereocenters. The van der Waals surface area contributed by atoms with E-state index in [1.54, 1.807) is 49.0 Å². The van der Waals surface area contributed by atoms with Crippen molar-refractivity contribution in [1.82, 2.24) is 40.4 Å². The van der Waals surface area contributed by atoms with Crippen LogP contribution in [0.5, 0.6) is 0 Å². The number of aliphatic hydroxyl groups excluding tert-OH is 1. The van der Waals surface area contributed by atoms with E-state index in [9.17, 15) is 42.3 Å². The van der Waals surface area contributed by atoms with Gasteiger partial charge in [-0.25, -0.2) is 19.7 Å². The molecule has 83 heavy (non-hydrogen) atoms. The third kappa shape index (κ3) is 14.3. The number of β-amino-alcohol motifs (C(OH)–C–C–N with tert-alkyl or cyclic N) is 1. The number of aromatic nitrogens is 4. The number of pyridine rings is 1. The van der Waals surface area contributed by atoms with Gasteiger partial charge < -0.3 is 36.2 Å². The number of aryl methyl sites for hydroxylation is 2. The molecule has 0 bridgehead atoms. The van der Waals surface area contributed by atoms with Crippen molar-refractivity contribution in [2.45, 2.75) is 111 Å². The van der Waals surface area contributed by atoms with Crippen molar-refractivity contribution in [3.8, 4) is 10.4 Å². The number of nitrogens with zero attached hydrogens (tertiary/aromatic N) is 9. The van der Waals surface area contributed by atoms with Gasteiger partial charge in [0.05, 0.1) is 57.9 Å². The summed E-state index contributed by atoms with van der Waals surface area (Å²) in [6, 6.07) is 18.4. The van der Waals surface area contributed by atoms with Crippen molar-refractivity contribution >= 4 is 75.6 Å². The van der Waals surface area contributed by atoms with Crippen LogP contribution < -0.4 is 36.0 Å². The molecule has 0 aliphatic carbocycles. The lowest BCUT2D eigenvalue weighted by molar-refractivity contribution is -0.144. The summed E-state index contributed by atoms with van der Waals surface area (Å²) in [5.74, 6) is -0.197. The summed E-state index contributed by atoms with van der Waals surface area (Å²) < 4.78 is 39.9. The summed E-state index contributed by atoms with van der Waals surface area (Å²) in [4.78, 5) is 96.5. The van der Waals surface area contributed by atoms with Crippen LogP contribution in [0.1, 0.15) is 104 Å².